The lowest BCUT2D eigenvalue weighted by atomic mass is 10.2. The van der Waals surface area contributed by atoms with Crippen LogP contribution in [0.25, 0.3) is 0 Å². The molecule has 0 aliphatic heterocycles. The summed E-state index contributed by atoms with van der Waals surface area (Å²) in [6, 6.07) is 0. The van der Waals surface area contributed by atoms with Crippen molar-refractivity contribution in [2.24, 2.45) is 10.9 Å². The summed E-state index contributed by atoms with van der Waals surface area (Å²) in [6.45, 7) is 3.25. The number of nitrogens with zero attached hydrogens (tertiary/aromatic N) is 1. The molecule has 1 rings (SSSR count). The van der Waals surface area contributed by atoms with E-state index in [-0.39, 0.29) is 0 Å². The molecule has 1 saturated carbocycles. The van der Waals surface area contributed by atoms with Gasteiger partial charge in [0.1, 0.15) is 0 Å². The van der Waals surface area contributed by atoms with Gasteiger partial charge in [-0.25, -0.2) is 0 Å². The second-order valence-electron chi connectivity index (χ2n) is 3.82. The van der Waals surface area contributed by atoms with Gasteiger partial charge in [0.05, 0.1) is 0 Å². The SMILES string of the molecule is CCCCN=CCCCC1CC1. The summed E-state index contributed by atoms with van der Waals surface area (Å²) in [5, 5.41) is 0. The molecule has 0 amide bonds. The van der Waals surface area contributed by atoms with Crippen LogP contribution in [0.3, 0.4) is 0 Å². The molecule has 1 aliphatic rings. The summed E-state index contributed by atoms with van der Waals surface area (Å²) < 4.78 is 0. The minimum atomic E-state index is 1.04. The number of rotatable bonds is 7. The zero-order valence-electron chi connectivity index (χ0n) is 8.26. The van der Waals surface area contributed by atoms with Gasteiger partial charge in [-0.05, 0) is 31.4 Å². The van der Waals surface area contributed by atoms with E-state index in [1.165, 1.54) is 44.9 Å². The highest BCUT2D eigenvalue weighted by molar-refractivity contribution is 5.56. The molecule has 1 heteroatoms. The molecule has 1 nitrogen and oxygen atoms in total. The van der Waals surface area contributed by atoms with Gasteiger partial charge in [-0.3, -0.25) is 4.99 Å². The molecular formula is C11H21N. The summed E-state index contributed by atoms with van der Waals surface area (Å²) in [5.41, 5.74) is 0. The molecule has 0 aromatic heterocycles. The lowest BCUT2D eigenvalue weighted by Crippen LogP contribution is -1.83. The zero-order chi connectivity index (χ0) is 8.65. The number of unbranched alkanes of at least 4 members (excludes halogenated alkanes) is 2. The maximum atomic E-state index is 4.35. The molecule has 0 spiro atoms. The predicted molar refractivity (Wildman–Crippen MR) is 54.8 cm³/mol. The van der Waals surface area contributed by atoms with Crippen molar-refractivity contribution < 1.29 is 0 Å². The van der Waals surface area contributed by atoms with E-state index in [0.29, 0.717) is 0 Å². The number of hydrogen-bond donors (Lipinski definition) is 0. The molecule has 70 valence electrons. The third-order valence-corrected chi connectivity index (χ3v) is 2.41. The molecular weight excluding hydrogens is 146 g/mol. The fraction of sp³-hybridized carbons (Fsp3) is 0.909. The zero-order valence-corrected chi connectivity index (χ0v) is 8.26. The van der Waals surface area contributed by atoms with Crippen molar-refractivity contribution in [1.29, 1.82) is 0 Å². The molecule has 0 bridgehead atoms. The minimum absolute atomic E-state index is 1.04. The Morgan fingerprint density at radius 3 is 2.83 bits per heavy atom. The monoisotopic (exact) mass is 167 g/mol. The van der Waals surface area contributed by atoms with Crippen LogP contribution in [0.4, 0.5) is 0 Å². The van der Waals surface area contributed by atoms with Crippen LogP contribution in [0.2, 0.25) is 0 Å². The summed E-state index contributed by atoms with van der Waals surface area (Å²) >= 11 is 0. The highest BCUT2D eigenvalue weighted by Crippen LogP contribution is 2.33. The van der Waals surface area contributed by atoms with E-state index in [1.807, 2.05) is 0 Å². The maximum absolute atomic E-state index is 4.35. The summed E-state index contributed by atoms with van der Waals surface area (Å²) in [4.78, 5) is 4.35. The van der Waals surface area contributed by atoms with Gasteiger partial charge >= 0.3 is 0 Å². The van der Waals surface area contributed by atoms with Crippen LogP contribution in [-0.2, 0) is 0 Å². The molecule has 0 heterocycles. The average Bonchev–Trinajstić information content (AvgIpc) is 2.87. The highest BCUT2D eigenvalue weighted by atomic mass is 14.7. The fourth-order valence-corrected chi connectivity index (χ4v) is 1.34. The first-order valence-electron chi connectivity index (χ1n) is 5.41. The molecule has 0 radical (unpaired) electrons. The Labute approximate surface area is 76.3 Å². The Kier molecular flexibility index (Phi) is 5.05. The number of aliphatic imine (C=N–C) groups is 1. The Morgan fingerprint density at radius 1 is 1.33 bits per heavy atom. The average molecular weight is 167 g/mol. The van der Waals surface area contributed by atoms with Crippen molar-refractivity contribution in [3.63, 3.8) is 0 Å². The van der Waals surface area contributed by atoms with Crippen LogP contribution >= 0.6 is 0 Å². The van der Waals surface area contributed by atoms with Crippen molar-refractivity contribution in [3.05, 3.63) is 0 Å². The third kappa shape index (κ3) is 5.34. The van der Waals surface area contributed by atoms with Gasteiger partial charge in [-0.2, -0.15) is 0 Å². The third-order valence-electron chi connectivity index (χ3n) is 2.41. The van der Waals surface area contributed by atoms with E-state index in [2.05, 4.69) is 18.1 Å². The summed E-state index contributed by atoms with van der Waals surface area (Å²) in [7, 11) is 0. The fourth-order valence-electron chi connectivity index (χ4n) is 1.34. The molecule has 0 aromatic carbocycles. The summed E-state index contributed by atoms with van der Waals surface area (Å²) in [5.74, 6) is 1.09. The Hall–Kier alpha value is -0.330. The van der Waals surface area contributed by atoms with Crippen LogP contribution in [-0.4, -0.2) is 12.8 Å². The highest BCUT2D eigenvalue weighted by Gasteiger charge is 2.19. The van der Waals surface area contributed by atoms with Crippen molar-refractivity contribution in [3.8, 4) is 0 Å². The Morgan fingerprint density at radius 2 is 2.17 bits per heavy atom. The first-order valence-corrected chi connectivity index (χ1v) is 5.41. The molecule has 0 saturated heterocycles. The quantitative estimate of drug-likeness (QED) is 0.407. The smallest absolute Gasteiger partial charge is 0.0385 e. The lowest BCUT2D eigenvalue weighted by Gasteiger charge is -1.93. The van der Waals surface area contributed by atoms with Crippen LogP contribution in [0, 0.1) is 5.92 Å². The Bertz CT molecular complexity index is 125. The number of hydrogen-bond acceptors (Lipinski definition) is 1. The van der Waals surface area contributed by atoms with Crippen molar-refractivity contribution >= 4 is 6.21 Å². The van der Waals surface area contributed by atoms with Gasteiger partial charge in [-0.1, -0.05) is 32.6 Å². The standard InChI is InChI=1S/C11H21N/c1-2-3-9-12-10-5-4-6-11-7-8-11/h10-11H,2-9H2,1H3. The van der Waals surface area contributed by atoms with E-state index in [1.54, 1.807) is 0 Å². The molecule has 1 fully saturated rings. The molecule has 0 unspecified atom stereocenters. The van der Waals surface area contributed by atoms with Gasteiger partial charge in [0, 0.05) is 6.54 Å². The van der Waals surface area contributed by atoms with Gasteiger partial charge < -0.3 is 0 Å². The largest absolute Gasteiger partial charge is 0.298 e. The van der Waals surface area contributed by atoms with Gasteiger partial charge in [0.2, 0.25) is 0 Å². The lowest BCUT2D eigenvalue weighted by molar-refractivity contribution is 0.686. The molecule has 12 heavy (non-hydrogen) atoms. The van der Waals surface area contributed by atoms with E-state index in [4.69, 9.17) is 0 Å². The second-order valence-corrected chi connectivity index (χ2v) is 3.82. The van der Waals surface area contributed by atoms with Crippen LogP contribution < -0.4 is 0 Å². The van der Waals surface area contributed by atoms with E-state index < -0.39 is 0 Å². The topological polar surface area (TPSA) is 12.4 Å². The normalized spacial score (nSPS) is 17.4. The van der Waals surface area contributed by atoms with Crippen molar-refractivity contribution in [2.75, 3.05) is 6.54 Å². The first kappa shape index (κ1) is 9.76. The van der Waals surface area contributed by atoms with Crippen molar-refractivity contribution in [1.82, 2.24) is 0 Å². The van der Waals surface area contributed by atoms with Gasteiger partial charge in [0.15, 0.2) is 0 Å². The molecule has 0 atom stereocenters. The second kappa shape index (κ2) is 6.22. The van der Waals surface area contributed by atoms with E-state index in [9.17, 15) is 0 Å². The van der Waals surface area contributed by atoms with Gasteiger partial charge in [-0.15, -0.1) is 0 Å². The molecule has 0 N–H and O–H groups in total. The maximum Gasteiger partial charge on any atom is 0.0385 e. The molecule has 0 aromatic rings. The van der Waals surface area contributed by atoms with Gasteiger partial charge in [0.25, 0.3) is 0 Å². The summed E-state index contributed by atoms with van der Waals surface area (Å²) in [6.07, 6.45) is 11.6. The van der Waals surface area contributed by atoms with Crippen LogP contribution in [0.15, 0.2) is 4.99 Å². The van der Waals surface area contributed by atoms with Crippen molar-refractivity contribution in [2.45, 2.75) is 51.9 Å². The van der Waals surface area contributed by atoms with Crippen LogP contribution in [0.1, 0.15) is 51.9 Å². The minimum Gasteiger partial charge on any atom is -0.298 e. The van der Waals surface area contributed by atoms with Crippen LogP contribution in [0.5, 0.6) is 0 Å². The molecule has 1 aliphatic carbocycles. The Balaban J connectivity index is 1.76. The predicted octanol–water partition coefficient (Wildman–Crippen LogP) is 3.44. The van der Waals surface area contributed by atoms with E-state index in [0.717, 1.165) is 12.5 Å². The first-order chi connectivity index (χ1) is 5.93. The van der Waals surface area contributed by atoms with E-state index >= 15 is 0 Å².